The van der Waals surface area contributed by atoms with Crippen molar-refractivity contribution in [1.82, 2.24) is 0 Å². The minimum atomic E-state index is -0.0996. The molecule has 0 amide bonds. The first-order valence-corrected chi connectivity index (χ1v) is 5.43. The van der Waals surface area contributed by atoms with Crippen LogP contribution in [-0.4, -0.2) is 11.8 Å². The number of carbonyl (C=O) groups excluding carboxylic acids is 1. The van der Waals surface area contributed by atoms with Gasteiger partial charge in [0.25, 0.3) is 5.82 Å². The lowest BCUT2D eigenvalue weighted by atomic mass is 10.0. The first kappa shape index (κ1) is 9.33. The Labute approximate surface area is 94.3 Å². The number of allylic oxidation sites excluding steroid dienone is 2. The van der Waals surface area contributed by atoms with Crippen LogP contribution in [0.2, 0.25) is 0 Å². The largest absolute Gasteiger partial charge is 0.295 e. The van der Waals surface area contributed by atoms with Gasteiger partial charge in [-0.05, 0) is 25.1 Å². The Bertz CT molecular complexity index is 504. The molecule has 0 saturated heterocycles. The number of ketones is 1. The summed E-state index contributed by atoms with van der Waals surface area (Å²) >= 11 is 0. The Morgan fingerprint density at radius 3 is 3.06 bits per heavy atom. The predicted molar refractivity (Wildman–Crippen MR) is 60.9 cm³/mol. The molecule has 80 valence electrons. The van der Waals surface area contributed by atoms with E-state index in [1.54, 1.807) is 6.92 Å². The van der Waals surface area contributed by atoms with Gasteiger partial charge in [0.2, 0.25) is 6.04 Å². The number of fused-ring (bicyclic) bond motifs is 3. The molecule has 2 aliphatic rings. The number of Topliss-reactive ketones (excluding diaryl/α,β-unsaturated/α-hetero) is 1. The summed E-state index contributed by atoms with van der Waals surface area (Å²) in [5.74, 6) is 1.28. The second-order valence-corrected chi connectivity index (χ2v) is 4.15. The highest BCUT2D eigenvalue weighted by Gasteiger charge is 2.46. The van der Waals surface area contributed by atoms with E-state index in [0.717, 1.165) is 5.82 Å². The van der Waals surface area contributed by atoms with Crippen LogP contribution in [0.25, 0.3) is 0 Å². The van der Waals surface area contributed by atoms with E-state index in [2.05, 4.69) is 11.0 Å². The van der Waals surface area contributed by atoms with Crippen LogP contribution < -0.4 is 9.47 Å². The lowest BCUT2D eigenvalue weighted by molar-refractivity contribution is -0.685. The fraction of sp³-hybridized carbons (Fsp3) is 0.231. The molecule has 3 heteroatoms. The monoisotopic (exact) mass is 213 g/mol. The van der Waals surface area contributed by atoms with Gasteiger partial charge < -0.3 is 0 Å². The number of hydrogen-bond acceptors (Lipinski definition) is 2. The molecular weight excluding hydrogens is 200 g/mol. The average molecular weight is 213 g/mol. The van der Waals surface area contributed by atoms with Gasteiger partial charge in [-0.1, -0.05) is 12.1 Å². The van der Waals surface area contributed by atoms with Crippen molar-refractivity contribution in [2.75, 3.05) is 4.90 Å². The molecule has 0 spiro atoms. The number of rotatable bonds is 1. The Morgan fingerprint density at radius 1 is 1.38 bits per heavy atom. The molecule has 0 radical (unpaired) electrons. The van der Waals surface area contributed by atoms with Gasteiger partial charge in [-0.2, -0.15) is 0 Å². The summed E-state index contributed by atoms with van der Waals surface area (Å²) in [6, 6.07) is 6.03. The van der Waals surface area contributed by atoms with E-state index >= 15 is 0 Å². The molecule has 3 nitrogen and oxygen atoms in total. The fourth-order valence-electron chi connectivity index (χ4n) is 2.50. The van der Waals surface area contributed by atoms with Crippen molar-refractivity contribution < 1.29 is 9.36 Å². The van der Waals surface area contributed by atoms with Gasteiger partial charge in [0.05, 0.1) is 12.4 Å². The molecule has 0 aromatic carbocycles. The van der Waals surface area contributed by atoms with Crippen molar-refractivity contribution in [3.63, 3.8) is 0 Å². The molecule has 0 aliphatic carbocycles. The third-order valence-electron chi connectivity index (χ3n) is 3.16. The summed E-state index contributed by atoms with van der Waals surface area (Å²) in [6.45, 7) is 1.66. The van der Waals surface area contributed by atoms with Crippen molar-refractivity contribution in [2.45, 2.75) is 19.0 Å². The summed E-state index contributed by atoms with van der Waals surface area (Å²) in [5, 5.41) is 0. The van der Waals surface area contributed by atoms with Crippen LogP contribution in [0, 0.1) is 0 Å². The molecule has 0 bridgehead atoms. The van der Waals surface area contributed by atoms with E-state index in [9.17, 15) is 4.79 Å². The molecule has 3 heterocycles. The van der Waals surface area contributed by atoms with Crippen LogP contribution in [0.3, 0.4) is 0 Å². The molecule has 2 unspecified atom stereocenters. The maximum atomic E-state index is 11.8. The summed E-state index contributed by atoms with van der Waals surface area (Å²) in [5.41, 5.74) is 0. The van der Waals surface area contributed by atoms with Crippen LogP contribution in [0.5, 0.6) is 0 Å². The molecule has 0 fully saturated rings. The van der Waals surface area contributed by atoms with Gasteiger partial charge in [0.15, 0.2) is 11.8 Å². The predicted octanol–water partition coefficient (Wildman–Crippen LogP) is 1.38. The van der Waals surface area contributed by atoms with Crippen molar-refractivity contribution in [3.05, 3.63) is 48.8 Å². The number of anilines is 1. The summed E-state index contributed by atoms with van der Waals surface area (Å²) in [7, 11) is 0. The van der Waals surface area contributed by atoms with E-state index in [1.807, 2.05) is 47.3 Å². The molecule has 3 rings (SSSR count). The minimum Gasteiger partial charge on any atom is -0.295 e. The van der Waals surface area contributed by atoms with Crippen LogP contribution in [0.4, 0.5) is 5.82 Å². The van der Waals surface area contributed by atoms with Crippen LogP contribution >= 0.6 is 0 Å². The second kappa shape index (κ2) is 3.30. The maximum Gasteiger partial charge on any atom is 0.282 e. The highest BCUT2D eigenvalue weighted by atomic mass is 16.1. The molecule has 2 aliphatic heterocycles. The Hall–Kier alpha value is -1.90. The van der Waals surface area contributed by atoms with E-state index in [4.69, 9.17) is 0 Å². The topological polar surface area (TPSA) is 24.2 Å². The number of nitrogens with zero attached hydrogens (tertiary/aromatic N) is 2. The van der Waals surface area contributed by atoms with Gasteiger partial charge in [-0.3, -0.25) is 4.79 Å². The average Bonchev–Trinajstić information content (AvgIpc) is 2.63. The molecule has 1 aromatic rings. The first-order valence-electron chi connectivity index (χ1n) is 5.43. The molecule has 2 atom stereocenters. The van der Waals surface area contributed by atoms with Crippen molar-refractivity contribution in [1.29, 1.82) is 0 Å². The SMILES string of the molecule is CC(=O)C1C2C=CC=CN2c2cccc[n+]21. The van der Waals surface area contributed by atoms with Gasteiger partial charge in [0, 0.05) is 6.07 Å². The van der Waals surface area contributed by atoms with Gasteiger partial charge in [-0.15, -0.1) is 0 Å². The minimum absolute atomic E-state index is 0.0996. The van der Waals surface area contributed by atoms with E-state index in [-0.39, 0.29) is 17.9 Å². The lowest BCUT2D eigenvalue weighted by Crippen LogP contribution is -2.43. The van der Waals surface area contributed by atoms with E-state index in [1.165, 1.54) is 0 Å². The van der Waals surface area contributed by atoms with Gasteiger partial charge >= 0.3 is 0 Å². The Morgan fingerprint density at radius 2 is 2.25 bits per heavy atom. The molecule has 16 heavy (non-hydrogen) atoms. The second-order valence-electron chi connectivity index (χ2n) is 4.15. The molecule has 0 N–H and O–H groups in total. The summed E-state index contributed by atoms with van der Waals surface area (Å²) < 4.78 is 2.05. The fourth-order valence-corrected chi connectivity index (χ4v) is 2.50. The third-order valence-corrected chi connectivity index (χ3v) is 3.16. The Kier molecular flexibility index (Phi) is 1.93. The van der Waals surface area contributed by atoms with Gasteiger partial charge in [0.1, 0.15) is 0 Å². The number of pyridine rings is 1. The zero-order chi connectivity index (χ0) is 11.1. The summed E-state index contributed by atoms with van der Waals surface area (Å²) in [6.07, 6.45) is 10.1. The molecular formula is C13H13N2O+. The third kappa shape index (κ3) is 1.14. The van der Waals surface area contributed by atoms with Crippen LogP contribution in [0.15, 0.2) is 48.8 Å². The van der Waals surface area contributed by atoms with Crippen molar-refractivity contribution >= 4 is 11.6 Å². The highest BCUT2D eigenvalue weighted by molar-refractivity contribution is 5.81. The lowest BCUT2D eigenvalue weighted by Gasteiger charge is -2.15. The van der Waals surface area contributed by atoms with Crippen LogP contribution in [-0.2, 0) is 4.79 Å². The van der Waals surface area contributed by atoms with Crippen molar-refractivity contribution in [3.8, 4) is 0 Å². The van der Waals surface area contributed by atoms with E-state index in [0.29, 0.717) is 0 Å². The number of hydrogen-bond donors (Lipinski definition) is 0. The zero-order valence-corrected chi connectivity index (χ0v) is 9.08. The molecule has 0 saturated carbocycles. The van der Waals surface area contributed by atoms with Crippen molar-refractivity contribution in [2.24, 2.45) is 0 Å². The maximum absolute atomic E-state index is 11.8. The van der Waals surface area contributed by atoms with Crippen LogP contribution in [0.1, 0.15) is 13.0 Å². The smallest absolute Gasteiger partial charge is 0.282 e. The normalized spacial score (nSPS) is 25.4. The standard InChI is InChI=1S/C13H13N2O/c1-10(16)13-11-6-2-4-8-14(11)12-7-3-5-9-15(12)13/h2-9,11,13H,1H3/q+1. The first-order chi connectivity index (χ1) is 7.79. The Balaban J connectivity index is 2.18. The molecule has 1 aromatic heterocycles. The summed E-state index contributed by atoms with van der Waals surface area (Å²) in [4.78, 5) is 13.9. The number of carbonyl (C=O) groups is 1. The zero-order valence-electron chi connectivity index (χ0n) is 9.08. The quantitative estimate of drug-likeness (QED) is 0.658. The van der Waals surface area contributed by atoms with Gasteiger partial charge in [-0.25, -0.2) is 9.47 Å². The highest BCUT2D eigenvalue weighted by Crippen LogP contribution is 2.30. The number of aromatic nitrogens is 1. The van der Waals surface area contributed by atoms with E-state index < -0.39 is 0 Å².